The minimum Gasteiger partial charge on any atom is -0.454 e. The number of aromatic nitrogens is 4. The van der Waals surface area contributed by atoms with Gasteiger partial charge in [0.15, 0.2) is 22.1 Å². The van der Waals surface area contributed by atoms with Crippen LogP contribution in [0, 0.1) is 23.3 Å². The van der Waals surface area contributed by atoms with Crippen molar-refractivity contribution in [2.24, 2.45) is 0 Å². The molecule has 4 aromatic rings. The van der Waals surface area contributed by atoms with Crippen LogP contribution in [0.25, 0.3) is 22.3 Å². The van der Waals surface area contributed by atoms with Crippen LogP contribution in [-0.4, -0.2) is 48.5 Å². The first kappa shape index (κ1) is 28.6. The molecule has 1 atom stereocenters. The molecule has 15 heteroatoms. The van der Waals surface area contributed by atoms with Gasteiger partial charge >= 0.3 is 0 Å². The average Bonchev–Trinajstić information content (AvgIpc) is 3.32. The van der Waals surface area contributed by atoms with Gasteiger partial charge in [0, 0.05) is 40.8 Å². The summed E-state index contributed by atoms with van der Waals surface area (Å²) in [5.41, 5.74) is 6.41. The number of carbonyl (C=O) groups excluding carboxylic acids is 1. The summed E-state index contributed by atoms with van der Waals surface area (Å²) in [5, 5.41) is 4.90. The number of likely N-dealkylation sites (tertiary alicyclic amines) is 1. The Labute approximate surface area is 248 Å². The second-order valence-electron chi connectivity index (χ2n) is 8.97. The minimum atomic E-state index is -1.43. The third-order valence-electron chi connectivity index (χ3n) is 6.53. The Morgan fingerprint density at radius 1 is 1.15 bits per heavy atom. The van der Waals surface area contributed by atoms with Crippen LogP contribution in [0.15, 0.2) is 30.6 Å². The number of nitrogens with zero attached hydrogens (tertiary/aromatic N) is 5. The van der Waals surface area contributed by atoms with E-state index in [-0.39, 0.29) is 50.8 Å². The second kappa shape index (κ2) is 11.5. The fourth-order valence-electron chi connectivity index (χ4n) is 4.64. The van der Waals surface area contributed by atoms with E-state index < -0.39 is 39.8 Å². The van der Waals surface area contributed by atoms with Gasteiger partial charge in [0.25, 0.3) is 5.91 Å². The molecule has 2 N–H and O–H groups in total. The first-order valence-corrected chi connectivity index (χ1v) is 14.3. The molecule has 8 nitrogen and oxygen atoms in total. The number of halogens is 7. The first-order valence-electron chi connectivity index (χ1n) is 11.9. The van der Waals surface area contributed by atoms with Gasteiger partial charge in [0.1, 0.15) is 35.2 Å². The minimum absolute atomic E-state index is 0.00271. The van der Waals surface area contributed by atoms with Gasteiger partial charge in [-0.1, -0.05) is 45.8 Å². The Morgan fingerprint density at radius 3 is 2.62 bits per heavy atom. The fourth-order valence-corrected chi connectivity index (χ4v) is 5.63. The number of hydrogen-bond donors (Lipinski definition) is 1. The van der Waals surface area contributed by atoms with Gasteiger partial charge < -0.3 is 15.4 Å². The van der Waals surface area contributed by atoms with Crippen molar-refractivity contribution < 1.29 is 27.1 Å². The number of ether oxygens (including phenoxy) is 1. The molecule has 40 heavy (non-hydrogen) atoms. The molecule has 2 aromatic carbocycles. The van der Waals surface area contributed by atoms with E-state index in [1.165, 1.54) is 23.4 Å². The van der Waals surface area contributed by atoms with Crippen molar-refractivity contribution in [1.29, 1.82) is 0 Å². The van der Waals surface area contributed by atoms with Crippen LogP contribution in [0.5, 0.6) is 11.5 Å². The van der Waals surface area contributed by atoms with Crippen molar-refractivity contribution >= 4 is 68.6 Å². The Morgan fingerprint density at radius 2 is 1.93 bits per heavy atom. The summed E-state index contributed by atoms with van der Waals surface area (Å²) >= 11 is 13.3. The van der Waals surface area contributed by atoms with Gasteiger partial charge in [0.05, 0.1) is 11.4 Å². The van der Waals surface area contributed by atoms with Crippen molar-refractivity contribution in [3.8, 4) is 22.8 Å². The standard InChI is InChI=1S/C25H19Cl2F4IN6O2/c26-22(27)25(39)37-5-1-2-11(9-37)38-24-18(23(33)34-10-35-24)20(36-38)13-4-3-12(6-15(13)28)40-21-14(8-32)16(29)7-17(30)19(21)31/h3-4,6-7,10-11,22H,1-2,5,8-9H2,(H2,33,34,35)/t11-/m1/s1. The van der Waals surface area contributed by atoms with Crippen molar-refractivity contribution in [2.45, 2.75) is 28.1 Å². The Hall–Kier alpha value is -2.91. The van der Waals surface area contributed by atoms with Gasteiger partial charge in [-0.25, -0.2) is 27.8 Å². The van der Waals surface area contributed by atoms with Crippen LogP contribution in [0.4, 0.5) is 23.4 Å². The summed E-state index contributed by atoms with van der Waals surface area (Å²) in [6.07, 6.45) is 2.54. The van der Waals surface area contributed by atoms with E-state index in [0.29, 0.717) is 31.1 Å². The molecule has 0 spiro atoms. The fraction of sp³-hybridized carbons (Fsp3) is 0.280. The topological polar surface area (TPSA) is 99.2 Å². The largest absolute Gasteiger partial charge is 0.454 e. The van der Waals surface area contributed by atoms with E-state index >= 15 is 4.39 Å². The molecule has 0 radical (unpaired) electrons. The average molecular weight is 709 g/mol. The number of nitrogens with two attached hydrogens (primary N) is 1. The highest BCUT2D eigenvalue weighted by Gasteiger charge is 2.31. The molecular formula is C25H19Cl2F4IN6O2. The van der Waals surface area contributed by atoms with Gasteiger partial charge in [-0.2, -0.15) is 9.49 Å². The molecule has 1 amide bonds. The third kappa shape index (κ3) is 5.26. The zero-order valence-corrected chi connectivity index (χ0v) is 24.0. The molecule has 1 saturated heterocycles. The second-order valence-corrected chi connectivity index (χ2v) is 10.8. The molecule has 3 heterocycles. The SMILES string of the molecule is Nc1ncnc2c1c(-c1ccc(Oc3c(F)c(F)cc(F)c3CI)cc1F)nn2[C@@H]1CCCN(C(=O)C(Cl)Cl)C1. The molecule has 0 bridgehead atoms. The summed E-state index contributed by atoms with van der Waals surface area (Å²) in [6.45, 7) is 0.721. The van der Waals surface area contributed by atoms with Crippen LogP contribution in [-0.2, 0) is 9.22 Å². The molecule has 0 unspecified atom stereocenters. The maximum absolute atomic E-state index is 15.5. The maximum Gasteiger partial charge on any atom is 0.255 e. The highest BCUT2D eigenvalue weighted by molar-refractivity contribution is 14.1. The Kier molecular flexibility index (Phi) is 8.25. The van der Waals surface area contributed by atoms with E-state index in [1.807, 2.05) is 0 Å². The smallest absolute Gasteiger partial charge is 0.255 e. The lowest BCUT2D eigenvalue weighted by molar-refractivity contribution is -0.131. The van der Waals surface area contributed by atoms with Gasteiger partial charge in [-0.05, 0) is 25.0 Å². The number of fused-ring (bicyclic) bond motifs is 1. The van der Waals surface area contributed by atoms with Crippen molar-refractivity contribution in [2.75, 3.05) is 18.8 Å². The van der Waals surface area contributed by atoms with E-state index in [4.69, 9.17) is 33.7 Å². The lowest BCUT2D eigenvalue weighted by Gasteiger charge is -2.33. The van der Waals surface area contributed by atoms with Gasteiger partial charge in [0.2, 0.25) is 5.82 Å². The molecule has 2 aromatic heterocycles. The summed E-state index contributed by atoms with van der Waals surface area (Å²) in [4.78, 5) is 21.0. The molecule has 5 rings (SSSR count). The molecular weight excluding hydrogens is 690 g/mol. The molecule has 1 aliphatic heterocycles. The van der Waals surface area contributed by atoms with Gasteiger partial charge in [-0.3, -0.25) is 4.79 Å². The summed E-state index contributed by atoms with van der Waals surface area (Å²) in [6, 6.07) is 3.67. The monoisotopic (exact) mass is 708 g/mol. The van der Waals surface area contributed by atoms with Crippen LogP contribution >= 0.6 is 45.8 Å². The maximum atomic E-state index is 15.5. The number of piperidine rings is 1. The molecule has 0 aliphatic carbocycles. The summed E-state index contributed by atoms with van der Waals surface area (Å²) in [5.74, 6) is -5.86. The number of carbonyl (C=O) groups is 1. The zero-order valence-electron chi connectivity index (χ0n) is 20.4. The lowest BCUT2D eigenvalue weighted by Crippen LogP contribution is -2.43. The summed E-state index contributed by atoms with van der Waals surface area (Å²) in [7, 11) is 0. The van der Waals surface area contributed by atoms with Crippen molar-refractivity contribution in [3.05, 3.63) is 59.4 Å². The highest BCUT2D eigenvalue weighted by Crippen LogP contribution is 2.38. The first-order chi connectivity index (χ1) is 19.1. The normalized spacial score (nSPS) is 15.7. The molecule has 1 aliphatic rings. The lowest BCUT2D eigenvalue weighted by atomic mass is 10.1. The molecule has 210 valence electrons. The third-order valence-corrected chi connectivity index (χ3v) is 7.67. The number of nitrogen functional groups attached to an aromatic ring is 1. The number of alkyl halides is 3. The summed E-state index contributed by atoms with van der Waals surface area (Å²) < 4.78 is 64.9. The molecule has 1 fully saturated rings. The van der Waals surface area contributed by atoms with Crippen molar-refractivity contribution in [3.63, 3.8) is 0 Å². The number of hydrogen-bond acceptors (Lipinski definition) is 6. The van der Waals surface area contributed by atoms with E-state index in [9.17, 15) is 18.0 Å². The number of rotatable bonds is 6. The van der Waals surface area contributed by atoms with Gasteiger partial charge in [-0.15, -0.1) is 0 Å². The number of benzene rings is 2. The molecule has 0 saturated carbocycles. The highest BCUT2D eigenvalue weighted by atomic mass is 127. The van der Waals surface area contributed by atoms with Crippen LogP contribution in [0.3, 0.4) is 0 Å². The van der Waals surface area contributed by atoms with E-state index in [2.05, 4.69) is 15.1 Å². The zero-order chi connectivity index (χ0) is 28.7. The van der Waals surface area contributed by atoms with Crippen LogP contribution < -0.4 is 10.5 Å². The van der Waals surface area contributed by atoms with E-state index in [0.717, 1.165) is 6.07 Å². The Bertz CT molecular complexity index is 1620. The van der Waals surface area contributed by atoms with E-state index in [1.54, 1.807) is 27.3 Å². The van der Waals surface area contributed by atoms with Crippen LogP contribution in [0.1, 0.15) is 24.4 Å². The predicted molar refractivity (Wildman–Crippen MR) is 150 cm³/mol. The Balaban J connectivity index is 1.54. The van der Waals surface area contributed by atoms with Crippen molar-refractivity contribution in [1.82, 2.24) is 24.6 Å². The number of amides is 1. The predicted octanol–water partition coefficient (Wildman–Crippen LogP) is 6.33. The van der Waals surface area contributed by atoms with Crippen LogP contribution in [0.2, 0.25) is 0 Å². The quantitative estimate of drug-likeness (QED) is 0.109. The number of anilines is 1.